The molecule has 0 heterocycles. The van der Waals surface area contributed by atoms with E-state index in [9.17, 15) is 13.2 Å². The van der Waals surface area contributed by atoms with Crippen molar-refractivity contribution < 1.29 is 13.2 Å². The minimum absolute atomic E-state index is 0.115. The number of rotatable bonds is 8. The zero-order chi connectivity index (χ0) is 16.8. The Hall–Kier alpha value is -1.40. The summed E-state index contributed by atoms with van der Waals surface area (Å²) in [6.07, 6.45) is 0.889. The number of nitrogens with one attached hydrogen (secondary N) is 2. The molecule has 1 amide bonds. The average Bonchev–Trinajstić information content (AvgIpc) is 2.45. The van der Waals surface area contributed by atoms with Gasteiger partial charge in [-0.2, -0.15) is 0 Å². The van der Waals surface area contributed by atoms with Crippen LogP contribution in [0.2, 0.25) is 0 Å². The Morgan fingerprint density at radius 3 is 2.41 bits per heavy atom. The molecule has 0 aliphatic heterocycles. The van der Waals surface area contributed by atoms with Crippen LogP contribution in [-0.4, -0.2) is 27.4 Å². The molecule has 0 unspecified atom stereocenters. The fourth-order valence-corrected chi connectivity index (χ4v) is 3.00. The van der Waals surface area contributed by atoms with E-state index in [0.717, 1.165) is 6.42 Å². The predicted octanol–water partition coefficient (Wildman–Crippen LogP) is 2.40. The number of hydrogen-bond donors (Lipinski definition) is 2. The highest BCUT2D eigenvalue weighted by Crippen LogP contribution is 2.12. The highest BCUT2D eigenvalue weighted by atomic mass is 32.2. The molecule has 0 bridgehead atoms. The van der Waals surface area contributed by atoms with Gasteiger partial charge in [-0.15, -0.1) is 0 Å². The van der Waals surface area contributed by atoms with Gasteiger partial charge in [0.15, 0.2) is 0 Å². The van der Waals surface area contributed by atoms with Crippen molar-refractivity contribution in [2.24, 2.45) is 11.8 Å². The van der Waals surface area contributed by atoms with Crippen LogP contribution < -0.4 is 10.0 Å². The summed E-state index contributed by atoms with van der Waals surface area (Å²) in [4.78, 5) is 12.2. The quantitative estimate of drug-likeness (QED) is 0.770. The van der Waals surface area contributed by atoms with Gasteiger partial charge in [0, 0.05) is 18.7 Å². The number of hydrogen-bond acceptors (Lipinski definition) is 3. The summed E-state index contributed by atoms with van der Waals surface area (Å²) >= 11 is 0. The first-order valence-corrected chi connectivity index (χ1v) is 9.08. The van der Waals surface area contributed by atoms with Crippen molar-refractivity contribution in [2.45, 2.75) is 39.0 Å². The summed E-state index contributed by atoms with van der Waals surface area (Å²) in [7, 11) is -3.58. The van der Waals surface area contributed by atoms with Crippen molar-refractivity contribution in [1.82, 2.24) is 10.0 Å². The van der Waals surface area contributed by atoms with Crippen LogP contribution in [0.15, 0.2) is 29.2 Å². The predicted molar refractivity (Wildman–Crippen MR) is 88.3 cm³/mol. The van der Waals surface area contributed by atoms with Gasteiger partial charge in [-0.25, -0.2) is 13.1 Å². The molecule has 0 saturated heterocycles. The van der Waals surface area contributed by atoms with Crippen molar-refractivity contribution in [1.29, 1.82) is 0 Å². The van der Waals surface area contributed by atoms with Crippen molar-refractivity contribution in [3.8, 4) is 0 Å². The molecule has 1 rings (SSSR count). The normalized spacial score (nSPS) is 11.9. The highest BCUT2D eigenvalue weighted by Gasteiger charge is 2.16. The second-order valence-electron chi connectivity index (χ2n) is 6.21. The summed E-state index contributed by atoms with van der Waals surface area (Å²) in [6.45, 7) is 8.98. The summed E-state index contributed by atoms with van der Waals surface area (Å²) < 4.78 is 26.9. The lowest BCUT2D eigenvalue weighted by Crippen LogP contribution is -2.28. The first-order chi connectivity index (χ1) is 10.2. The molecule has 6 heteroatoms. The molecule has 0 radical (unpaired) electrons. The topological polar surface area (TPSA) is 75.3 Å². The van der Waals surface area contributed by atoms with Crippen molar-refractivity contribution in [3.63, 3.8) is 0 Å². The van der Waals surface area contributed by atoms with Gasteiger partial charge in [0.05, 0.1) is 4.90 Å². The molecule has 124 valence electrons. The van der Waals surface area contributed by atoms with Gasteiger partial charge in [0.25, 0.3) is 5.91 Å². The molecule has 1 aromatic rings. The van der Waals surface area contributed by atoms with Crippen LogP contribution in [0.3, 0.4) is 0 Å². The first kappa shape index (κ1) is 18.6. The van der Waals surface area contributed by atoms with Crippen molar-refractivity contribution >= 4 is 15.9 Å². The Morgan fingerprint density at radius 1 is 1.14 bits per heavy atom. The van der Waals surface area contributed by atoms with Crippen LogP contribution in [0.4, 0.5) is 0 Å². The molecule has 0 aromatic heterocycles. The zero-order valence-corrected chi connectivity index (χ0v) is 14.5. The Labute approximate surface area is 133 Å². The van der Waals surface area contributed by atoms with Gasteiger partial charge in [0.1, 0.15) is 0 Å². The van der Waals surface area contributed by atoms with E-state index in [0.29, 0.717) is 24.6 Å². The van der Waals surface area contributed by atoms with E-state index < -0.39 is 10.0 Å². The average molecular weight is 326 g/mol. The summed E-state index contributed by atoms with van der Waals surface area (Å²) in [5, 5.41) is 2.81. The van der Waals surface area contributed by atoms with Gasteiger partial charge in [-0.05, 0) is 36.5 Å². The lowest BCUT2D eigenvalue weighted by Gasteiger charge is -2.11. The molecule has 0 saturated carbocycles. The fraction of sp³-hybridized carbons (Fsp3) is 0.562. The number of sulfonamides is 1. The Kier molecular flexibility index (Phi) is 7.03. The fourth-order valence-electron chi connectivity index (χ4n) is 1.74. The van der Waals surface area contributed by atoms with E-state index >= 15 is 0 Å². The van der Waals surface area contributed by atoms with Crippen LogP contribution in [0, 0.1) is 11.8 Å². The van der Waals surface area contributed by atoms with E-state index in [4.69, 9.17) is 0 Å². The van der Waals surface area contributed by atoms with Crippen LogP contribution >= 0.6 is 0 Å². The van der Waals surface area contributed by atoms with Gasteiger partial charge in [0.2, 0.25) is 10.0 Å². The lowest BCUT2D eigenvalue weighted by molar-refractivity contribution is 0.0952. The van der Waals surface area contributed by atoms with E-state index in [1.165, 1.54) is 12.1 Å². The maximum Gasteiger partial charge on any atom is 0.251 e. The largest absolute Gasteiger partial charge is 0.352 e. The Bertz CT molecular complexity index is 595. The van der Waals surface area contributed by atoms with E-state index in [-0.39, 0.29) is 16.7 Å². The van der Waals surface area contributed by atoms with Crippen LogP contribution in [-0.2, 0) is 10.0 Å². The van der Waals surface area contributed by atoms with Gasteiger partial charge >= 0.3 is 0 Å². The number of benzene rings is 1. The monoisotopic (exact) mass is 326 g/mol. The maximum atomic E-state index is 12.2. The molecule has 2 N–H and O–H groups in total. The molecule has 1 aromatic carbocycles. The van der Waals surface area contributed by atoms with Gasteiger partial charge in [-0.3, -0.25) is 4.79 Å². The second-order valence-corrected chi connectivity index (χ2v) is 7.98. The summed E-state index contributed by atoms with van der Waals surface area (Å²) in [5.74, 6) is 0.478. The number of carbonyl (C=O) groups excluding carboxylic acids is 1. The lowest BCUT2D eigenvalue weighted by atomic mass is 10.1. The zero-order valence-electron chi connectivity index (χ0n) is 13.7. The maximum absolute atomic E-state index is 12.2. The number of amides is 1. The third-order valence-corrected chi connectivity index (χ3v) is 4.52. The van der Waals surface area contributed by atoms with Gasteiger partial charge in [-0.1, -0.05) is 33.8 Å². The molecule has 0 fully saturated rings. The SMILES string of the molecule is CC(C)CCNC(=O)c1cccc(S(=O)(=O)NCC(C)C)c1. The third kappa shape index (κ3) is 6.15. The summed E-state index contributed by atoms with van der Waals surface area (Å²) in [6, 6.07) is 6.11. The van der Waals surface area contributed by atoms with E-state index in [2.05, 4.69) is 23.9 Å². The summed E-state index contributed by atoms with van der Waals surface area (Å²) in [5.41, 5.74) is 0.358. The molecule has 0 atom stereocenters. The molecule has 0 aliphatic rings. The van der Waals surface area contributed by atoms with Crippen molar-refractivity contribution in [3.05, 3.63) is 29.8 Å². The molecular formula is C16H26N2O3S. The Balaban J connectivity index is 2.79. The molecular weight excluding hydrogens is 300 g/mol. The highest BCUT2D eigenvalue weighted by molar-refractivity contribution is 7.89. The number of carbonyl (C=O) groups is 1. The second kappa shape index (κ2) is 8.29. The van der Waals surface area contributed by atoms with Crippen LogP contribution in [0.5, 0.6) is 0 Å². The molecule has 0 spiro atoms. The first-order valence-electron chi connectivity index (χ1n) is 7.60. The minimum Gasteiger partial charge on any atom is -0.352 e. The minimum atomic E-state index is -3.58. The molecule has 5 nitrogen and oxygen atoms in total. The van der Waals surface area contributed by atoms with E-state index in [1.54, 1.807) is 12.1 Å². The van der Waals surface area contributed by atoms with Crippen LogP contribution in [0.25, 0.3) is 0 Å². The Morgan fingerprint density at radius 2 is 1.82 bits per heavy atom. The van der Waals surface area contributed by atoms with Crippen LogP contribution in [0.1, 0.15) is 44.5 Å². The standard InChI is InChI=1S/C16H26N2O3S/c1-12(2)8-9-17-16(19)14-6-5-7-15(10-14)22(20,21)18-11-13(3)4/h5-7,10,12-13,18H,8-9,11H2,1-4H3,(H,17,19). The smallest absolute Gasteiger partial charge is 0.251 e. The molecule has 22 heavy (non-hydrogen) atoms. The van der Waals surface area contributed by atoms with Crippen molar-refractivity contribution in [2.75, 3.05) is 13.1 Å². The van der Waals surface area contributed by atoms with E-state index in [1.807, 2.05) is 13.8 Å². The molecule has 0 aliphatic carbocycles. The third-order valence-electron chi connectivity index (χ3n) is 3.10. The van der Waals surface area contributed by atoms with Gasteiger partial charge < -0.3 is 5.32 Å².